The van der Waals surface area contributed by atoms with Gasteiger partial charge in [-0.1, -0.05) is 12.1 Å². The van der Waals surface area contributed by atoms with Crippen LogP contribution in [0.15, 0.2) is 24.3 Å². The fraction of sp³-hybridized carbons (Fsp3) is 0.462. The highest BCUT2D eigenvalue weighted by Gasteiger charge is 2.25. The number of carbonyl (C=O) groups excluding carboxylic acids is 1. The largest absolute Gasteiger partial charge is 0.508 e. The summed E-state index contributed by atoms with van der Waals surface area (Å²) in [5.74, 6) is 0.298. The zero-order valence-electron chi connectivity index (χ0n) is 9.94. The van der Waals surface area contributed by atoms with Crippen molar-refractivity contribution in [1.29, 1.82) is 0 Å². The third-order valence-electron chi connectivity index (χ3n) is 2.84. The second-order valence-corrected chi connectivity index (χ2v) is 4.56. The van der Waals surface area contributed by atoms with Crippen molar-refractivity contribution in [2.75, 3.05) is 0 Å². The summed E-state index contributed by atoms with van der Waals surface area (Å²) in [6.45, 7) is 2.42. The van der Waals surface area contributed by atoms with Crippen molar-refractivity contribution in [2.24, 2.45) is 0 Å². The molecule has 0 heterocycles. The number of aromatic hydroxyl groups is 1. The van der Waals surface area contributed by atoms with Gasteiger partial charge in [-0.15, -0.1) is 0 Å². The molecule has 1 atom stereocenters. The van der Waals surface area contributed by atoms with Crippen LogP contribution >= 0.6 is 0 Å². The number of rotatable bonds is 5. The van der Waals surface area contributed by atoms with E-state index in [2.05, 4.69) is 10.6 Å². The standard InChI is InChI=1S/C13H18N2O2/c1-9(13(17)15-11-5-6-11)14-8-10-3-2-4-12(16)7-10/h2-4,7,9,11,14,16H,5-6,8H2,1H3,(H,15,17). The number of hydrogen-bond acceptors (Lipinski definition) is 3. The van der Waals surface area contributed by atoms with E-state index >= 15 is 0 Å². The number of phenolic OH excluding ortho intramolecular Hbond substituents is 1. The molecule has 17 heavy (non-hydrogen) atoms. The summed E-state index contributed by atoms with van der Waals surface area (Å²) in [7, 11) is 0. The lowest BCUT2D eigenvalue weighted by Crippen LogP contribution is -2.42. The zero-order chi connectivity index (χ0) is 12.3. The molecule has 2 rings (SSSR count). The molecule has 1 unspecified atom stereocenters. The van der Waals surface area contributed by atoms with Crippen molar-refractivity contribution in [3.63, 3.8) is 0 Å². The van der Waals surface area contributed by atoms with Crippen LogP contribution in [-0.2, 0) is 11.3 Å². The summed E-state index contributed by atoms with van der Waals surface area (Å²) >= 11 is 0. The smallest absolute Gasteiger partial charge is 0.237 e. The Morgan fingerprint density at radius 3 is 2.94 bits per heavy atom. The zero-order valence-corrected chi connectivity index (χ0v) is 9.94. The first-order chi connectivity index (χ1) is 8.15. The number of benzene rings is 1. The van der Waals surface area contributed by atoms with Crippen molar-refractivity contribution in [1.82, 2.24) is 10.6 Å². The van der Waals surface area contributed by atoms with Gasteiger partial charge in [-0.2, -0.15) is 0 Å². The third kappa shape index (κ3) is 3.75. The van der Waals surface area contributed by atoms with E-state index in [1.54, 1.807) is 18.2 Å². The number of hydrogen-bond donors (Lipinski definition) is 3. The molecule has 0 radical (unpaired) electrons. The molecule has 4 nitrogen and oxygen atoms in total. The van der Waals surface area contributed by atoms with E-state index in [1.165, 1.54) is 0 Å². The Kier molecular flexibility index (Phi) is 3.64. The summed E-state index contributed by atoms with van der Waals surface area (Å²) in [6, 6.07) is 7.22. The fourth-order valence-corrected chi connectivity index (χ4v) is 1.58. The Morgan fingerprint density at radius 2 is 2.29 bits per heavy atom. The van der Waals surface area contributed by atoms with E-state index in [0.29, 0.717) is 12.6 Å². The van der Waals surface area contributed by atoms with Gasteiger partial charge in [0.1, 0.15) is 5.75 Å². The van der Waals surface area contributed by atoms with Gasteiger partial charge in [0.2, 0.25) is 5.91 Å². The van der Waals surface area contributed by atoms with E-state index < -0.39 is 0 Å². The maximum absolute atomic E-state index is 11.7. The van der Waals surface area contributed by atoms with Crippen molar-refractivity contribution in [3.05, 3.63) is 29.8 Å². The first-order valence-corrected chi connectivity index (χ1v) is 5.97. The van der Waals surface area contributed by atoms with Crippen LogP contribution < -0.4 is 10.6 Å². The third-order valence-corrected chi connectivity index (χ3v) is 2.84. The SMILES string of the molecule is CC(NCc1cccc(O)c1)C(=O)NC1CC1. The Hall–Kier alpha value is -1.55. The van der Waals surface area contributed by atoms with Crippen LogP contribution in [0.2, 0.25) is 0 Å². The van der Waals surface area contributed by atoms with Crippen LogP contribution in [0.1, 0.15) is 25.3 Å². The number of amides is 1. The molecule has 0 aromatic heterocycles. The summed E-state index contributed by atoms with van der Waals surface area (Å²) in [6.07, 6.45) is 2.20. The average Bonchev–Trinajstić information content (AvgIpc) is 3.10. The van der Waals surface area contributed by atoms with E-state index in [9.17, 15) is 9.90 Å². The van der Waals surface area contributed by atoms with Gasteiger partial charge in [0.05, 0.1) is 6.04 Å². The summed E-state index contributed by atoms with van der Waals surface area (Å²) < 4.78 is 0. The summed E-state index contributed by atoms with van der Waals surface area (Å²) in [5.41, 5.74) is 0.969. The van der Waals surface area contributed by atoms with Crippen LogP contribution in [0.5, 0.6) is 5.75 Å². The maximum atomic E-state index is 11.7. The highest BCUT2D eigenvalue weighted by atomic mass is 16.3. The molecule has 1 amide bonds. The van der Waals surface area contributed by atoms with Gasteiger partial charge in [-0.05, 0) is 37.5 Å². The highest BCUT2D eigenvalue weighted by molar-refractivity contribution is 5.81. The molecule has 1 saturated carbocycles. The van der Waals surface area contributed by atoms with Crippen molar-refractivity contribution >= 4 is 5.91 Å². The lowest BCUT2D eigenvalue weighted by molar-refractivity contribution is -0.122. The molecule has 1 aliphatic carbocycles. The summed E-state index contributed by atoms with van der Waals surface area (Å²) in [4.78, 5) is 11.7. The van der Waals surface area contributed by atoms with Crippen LogP contribution in [0.25, 0.3) is 0 Å². The molecule has 1 aromatic carbocycles. The predicted octanol–water partition coefficient (Wildman–Crippen LogP) is 1.15. The van der Waals surface area contributed by atoms with E-state index in [0.717, 1.165) is 18.4 Å². The van der Waals surface area contributed by atoms with Gasteiger partial charge in [0.25, 0.3) is 0 Å². The first kappa shape index (κ1) is 11.9. The van der Waals surface area contributed by atoms with E-state index in [4.69, 9.17) is 0 Å². The fourth-order valence-electron chi connectivity index (χ4n) is 1.58. The second-order valence-electron chi connectivity index (χ2n) is 4.56. The van der Waals surface area contributed by atoms with Crippen LogP contribution in [0, 0.1) is 0 Å². The number of carbonyl (C=O) groups is 1. The van der Waals surface area contributed by atoms with Crippen molar-refractivity contribution in [2.45, 2.75) is 38.4 Å². The molecular weight excluding hydrogens is 216 g/mol. The molecule has 0 saturated heterocycles. The van der Waals surface area contributed by atoms with Gasteiger partial charge in [0, 0.05) is 12.6 Å². The van der Waals surface area contributed by atoms with Crippen molar-refractivity contribution < 1.29 is 9.90 Å². The number of phenols is 1. The first-order valence-electron chi connectivity index (χ1n) is 5.97. The van der Waals surface area contributed by atoms with Crippen molar-refractivity contribution in [3.8, 4) is 5.75 Å². The number of nitrogens with one attached hydrogen (secondary N) is 2. The minimum absolute atomic E-state index is 0.0488. The molecule has 0 aliphatic heterocycles. The maximum Gasteiger partial charge on any atom is 0.237 e. The Balaban J connectivity index is 1.78. The predicted molar refractivity (Wildman–Crippen MR) is 65.6 cm³/mol. The Labute approximate surface area is 101 Å². The van der Waals surface area contributed by atoms with E-state index in [1.807, 2.05) is 13.0 Å². The van der Waals surface area contributed by atoms with Gasteiger partial charge in [-0.25, -0.2) is 0 Å². The lowest BCUT2D eigenvalue weighted by Gasteiger charge is -2.13. The molecule has 92 valence electrons. The normalized spacial score (nSPS) is 16.5. The highest BCUT2D eigenvalue weighted by Crippen LogP contribution is 2.18. The van der Waals surface area contributed by atoms with Gasteiger partial charge < -0.3 is 15.7 Å². The molecule has 0 spiro atoms. The minimum atomic E-state index is -0.210. The molecule has 1 aromatic rings. The average molecular weight is 234 g/mol. The molecule has 0 bridgehead atoms. The van der Waals surface area contributed by atoms with Gasteiger partial charge in [0.15, 0.2) is 0 Å². The van der Waals surface area contributed by atoms with Gasteiger partial charge >= 0.3 is 0 Å². The van der Waals surface area contributed by atoms with E-state index in [-0.39, 0.29) is 17.7 Å². The molecule has 3 N–H and O–H groups in total. The van der Waals surface area contributed by atoms with Crippen LogP contribution in [0.4, 0.5) is 0 Å². The molecule has 4 heteroatoms. The van der Waals surface area contributed by atoms with Gasteiger partial charge in [-0.3, -0.25) is 4.79 Å². The van der Waals surface area contributed by atoms with Crippen LogP contribution in [-0.4, -0.2) is 23.1 Å². The molecular formula is C13H18N2O2. The molecule has 1 aliphatic rings. The second kappa shape index (κ2) is 5.19. The Morgan fingerprint density at radius 1 is 1.53 bits per heavy atom. The quantitative estimate of drug-likeness (QED) is 0.716. The monoisotopic (exact) mass is 234 g/mol. The lowest BCUT2D eigenvalue weighted by atomic mass is 10.2. The minimum Gasteiger partial charge on any atom is -0.508 e. The Bertz CT molecular complexity index is 402. The topological polar surface area (TPSA) is 61.4 Å². The van der Waals surface area contributed by atoms with Crippen LogP contribution in [0.3, 0.4) is 0 Å². The molecule has 1 fully saturated rings. The summed E-state index contributed by atoms with van der Waals surface area (Å²) in [5, 5.41) is 15.4.